The number of hydrogen-bond acceptors (Lipinski definition) is 2. The smallest absolute Gasteiger partial charge is 0.0536 e. The molecule has 88 valence electrons. The summed E-state index contributed by atoms with van der Waals surface area (Å²) in [4.78, 5) is 2.31. The fourth-order valence-corrected chi connectivity index (χ4v) is 3.06. The van der Waals surface area contributed by atoms with Crippen LogP contribution in [0, 0.1) is 0 Å². The zero-order valence-electron chi connectivity index (χ0n) is 10.1. The molecule has 0 amide bonds. The summed E-state index contributed by atoms with van der Waals surface area (Å²) in [5, 5.41) is 3.50. The molecular formula is C13H19BrN2. The lowest BCUT2D eigenvalue weighted by molar-refractivity contribution is 0.223. The van der Waals surface area contributed by atoms with E-state index in [4.69, 9.17) is 0 Å². The van der Waals surface area contributed by atoms with E-state index in [0.717, 1.165) is 0 Å². The molecule has 0 saturated heterocycles. The zero-order chi connectivity index (χ0) is 11.8. The van der Waals surface area contributed by atoms with Gasteiger partial charge in [0, 0.05) is 10.0 Å². The van der Waals surface area contributed by atoms with Crippen molar-refractivity contribution in [1.29, 1.82) is 0 Å². The molecule has 0 aromatic heterocycles. The number of hydrogen-bond donors (Lipinski definition) is 1. The van der Waals surface area contributed by atoms with Gasteiger partial charge < -0.3 is 10.2 Å². The monoisotopic (exact) mass is 282 g/mol. The van der Waals surface area contributed by atoms with E-state index in [0.29, 0.717) is 6.04 Å². The predicted molar refractivity (Wildman–Crippen MR) is 71.6 cm³/mol. The average Bonchev–Trinajstić information content (AvgIpc) is 3.02. The lowest BCUT2D eigenvalue weighted by Gasteiger charge is -2.33. The average molecular weight is 283 g/mol. The SMILES string of the molecule is CNC1(C(c2ccccc2Br)N(C)C)CC1. The molecule has 0 bridgehead atoms. The number of nitrogens with zero attached hydrogens (tertiary/aromatic N) is 1. The van der Waals surface area contributed by atoms with Crippen molar-refractivity contribution in [1.82, 2.24) is 10.2 Å². The van der Waals surface area contributed by atoms with Crippen LogP contribution in [-0.2, 0) is 0 Å². The molecule has 1 saturated carbocycles. The van der Waals surface area contributed by atoms with Gasteiger partial charge in [0.05, 0.1) is 6.04 Å². The molecule has 1 N–H and O–H groups in total. The van der Waals surface area contributed by atoms with E-state index >= 15 is 0 Å². The van der Waals surface area contributed by atoms with Gasteiger partial charge in [-0.15, -0.1) is 0 Å². The fraction of sp³-hybridized carbons (Fsp3) is 0.538. The van der Waals surface area contributed by atoms with Crippen LogP contribution in [0.4, 0.5) is 0 Å². The molecular weight excluding hydrogens is 264 g/mol. The Bertz CT molecular complexity index is 372. The number of likely N-dealkylation sites (N-methyl/N-ethyl adjacent to an activating group) is 2. The first kappa shape index (κ1) is 12.1. The molecule has 1 aliphatic carbocycles. The fourth-order valence-electron chi connectivity index (χ4n) is 2.56. The quantitative estimate of drug-likeness (QED) is 0.914. The van der Waals surface area contributed by atoms with Gasteiger partial charge in [-0.05, 0) is 45.6 Å². The number of benzene rings is 1. The van der Waals surface area contributed by atoms with Crippen molar-refractivity contribution in [2.24, 2.45) is 0 Å². The highest BCUT2D eigenvalue weighted by atomic mass is 79.9. The van der Waals surface area contributed by atoms with Gasteiger partial charge in [-0.2, -0.15) is 0 Å². The van der Waals surface area contributed by atoms with Crippen LogP contribution in [0.5, 0.6) is 0 Å². The second-order valence-electron chi connectivity index (χ2n) is 4.79. The van der Waals surface area contributed by atoms with Crippen molar-refractivity contribution in [3.63, 3.8) is 0 Å². The standard InChI is InChI=1S/C13H19BrN2/c1-15-13(8-9-13)12(16(2)3)10-6-4-5-7-11(10)14/h4-7,12,15H,8-9H2,1-3H3. The van der Waals surface area contributed by atoms with Gasteiger partial charge in [0.15, 0.2) is 0 Å². The molecule has 1 aromatic carbocycles. The van der Waals surface area contributed by atoms with Crippen molar-refractivity contribution >= 4 is 15.9 Å². The first-order valence-corrected chi connectivity index (χ1v) is 6.50. The second-order valence-corrected chi connectivity index (χ2v) is 5.65. The van der Waals surface area contributed by atoms with E-state index in [2.05, 4.69) is 71.6 Å². The largest absolute Gasteiger partial charge is 0.313 e. The van der Waals surface area contributed by atoms with Gasteiger partial charge in [0.25, 0.3) is 0 Å². The van der Waals surface area contributed by atoms with E-state index in [9.17, 15) is 0 Å². The highest BCUT2D eigenvalue weighted by Crippen LogP contribution is 2.49. The van der Waals surface area contributed by atoms with Crippen LogP contribution < -0.4 is 5.32 Å². The van der Waals surface area contributed by atoms with Gasteiger partial charge in [0.1, 0.15) is 0 Å². The Morgan fingerprint density at radius 1 is 1.31 bits per heavy atom. The third-order valence-electron chi connectivity index (χ3n) is 3.53. The second kappa shape index (κ2) is 4.47. The molecule has 0 aliphatic heterocycles. The Morgan fingerprint density at radius 3 is 2.38 bits per heavy atom. The van der Waals surface area contributed by atoms with E-state index in [-0.39, 0.29) is 5.54 Å². The zero-order valence-corrected chi connectivity index (χ0v) is 11.7. The van der Waals surface area contributed by atoms with E-state index in [1.54, 1.807) is 0 Å². The first-order chi connectivity index (χ1) is 7.60. The molecule has 1 aromatic rings. The normalized spacial score (nSPS) is 19.8. The Balaban J connectivity index is 2.38. The van der Waals surface area contributed by atoms with Crippen molar-refractivity contribution in [2.45, 2.75) is 24.4 Å². The minimum absolute atomic E-state index is 0.271. The third kappa shape index (κ3) is 2.04. The van der Waals surface area contributed by atoms with Crippen LogP contribution in [0.2, 0.25) is 0 Å². The van der Waals surface area contributed by atoms with Gasteiger partial charge in [0.2, 0.25) is 0 Å². The molecule has 2 rings (SSSR count). The lowest BCUT2D eigenvalue weighted by Crippen LogP contribution is -2.41. The Hall–Kier alpha value is -0.380. The van der Waals surface area contributed by atoms with Crippen LogP contribution in [0.3, 0.4) is 0 Å². The minimum Gasteiger partial charge on any atom is -0.313 e. The van der Waals surface area contributed by atoms with Crippen LogP contribution in [0.1, 0.15) is 24.4 Å². The van der Waals surface area contributed by atoms with E-state index in [1.165, 1.54) is 22.9 Å². The van der Waals surface area contributed by atoms with Crippen LogP contribution in [-0.4, -0.2) is 31.6 Å². The van der Waals surface area contributed by atoms with Crippen LogP contribution in [0.15, 0.2) is 28.7 Å². The molecule has 2 nitrogen and oxygen atoms in total. The van der Waals surface area contributed by atoms with Crippen molar-refractivity contribution in [3.8, 4) is 0 Å². The molecule has 1 unspecified atom stereocenters. The topological polar surface area (TPSA) is 15.3 Å². The maximum atomic E-state index is 3.66. The summed E-state index contributed by atoms with van der Waals surface area (Å²) in [7, 11) is 6.38. The highest BCUT2D eigenvalue weighted by Gasteiger charge is 2.50. The van der Waals surface area contributed by atoms with Gasteiger partial charge in [-0.3, -0.25) is 0 Å². The number of rotatable bonds is 4. The van der Waals surface area contributed by atoms with Gasteiger partial charge in [-0.1, -0.05) is 34.1 Å². The summed E-state index contributed by atoms with van der Waals surface area (Å²) >= 11 is 3.66. The van der Waals surface area contributed by atoms with Gasteiger partial charge >= 0.3 is 0 Å². The van der Waals surface area contributed by atoms with Crippen molar-refractivity contribution in [2.75, 3.05) is 21.1 Å². The third-order valence-corrected chi connectivity index (χ3v) is 4.25. The van der Waals surface area contributed by atoms with Crippen LogP contribution >= 0.6 is 15.9 Å². The van der Waals surface area contributed by atoms with Gasteiger partial charge in [-0.25, -0.2) is 0 Å². The number of halogens is 1. The molecule has 3 heteroatoms. The lowest BCUT2D eigenvalue weighted by atomic mass is 9.96. The summed E-state index contributed by atoms with van der Waals surface area (Å²) in [6, 6.07) is 8.96. The summed E-state index contributed by atoms with van der Waals surface area (Å²) in [6.45, 7) is 0. The summed E-state index contributed by atoms with van der Waals surface area (Å²) in [6.07, 6.45) is 2.52. The van der Waals surface area contributed by atoms with Crippen LogP contribution in [0.25, 0.3) is 0 Å². The molecule has 16 heavy (non-hydrogen) atoms. The molecule has 1 atom stereocenters. The Kier molecular flexibility index (Phi) is 3.38. The maximum Gasteiger partial charge on any atom is 0.0536 e. The predicted octanol–water partition coefficient (Wildman–Crippen LogP) is 2.80. The molecule has 1 aliphatic rings. The Labute approximate surface area is 106 Å². The maximum absolute atomic E-state index is 3.66. The summed E-state index contributed by atoms with van der Waals surface area (Å²) in [5.74, 6) is 0. The molecule has 0 radical (unpaired) electrons. The van der Waals surface area contributed by atoms with Crippen molar-refractivity contribution < 1.29 is 0 Å². The van der Waals surface area contributed by atoms with Crippen molar-refractivity contribution in [3.05, 3.63) is 34.3 Å². The minimum atomic E-state index is 0.271. The number of nitrogens with one attached hydrogen (secondary N) is 1. The summed E-state index contributed by atoms with van der Waals surface area (Å²) < 4.78 is 1.20. The Morgan fingerprint density at radius 2 is 1.94 bits per heavy atom. The highest BCUT2D eigenvalue weighted by molar-refractivity contribution is 9.10. The van der Waals surface area contributed by atoms with E-state index in [1.807, 2.05) is 0 Å². The molecule has 0 spiro atoms. The molecule has 0 heterocycles. The molecule has 1 fully saturated rings. The summed E-state index contributed by atoms with van der Waals surface area (Å²) in [5.41, 5.74) is 1.65. The van der Waals surface area contributed by atoms with E-state index < -0.39 is 0 Å². The first-order valence-electron chi connectivity index (χ1n) is 5.70.